The quantitative estimate of drug-likeness (QED) is 0.396. The van der Waals surface area contributed by atoms with E-state index in [1.807, 2.05) is 35.0 Å². The zero-order chi connectivity index (χ0) is 24.8. The van der Waals surface area contributed by atoms with Crippen molar-refractivity contribution >= 4 is 46.1 Å². The van der Waals surface area contributed by atoms with Gasteiger partial charge in [0.05, 0.1) is 37.9 Å². The fourth-order valence-corrected chi connectivity index (χ4v) is 6.92. The number of amides is 1. The number of nitrogens with zero attached hydrogens (tertiary/aromatic N) is 4. The molecule has 0 radical (unpaired) electrons. The molecule has 1 aliphatic heterocycles. The van der Waals surface area contributed by atoms with Gasteiger partial charge in [0.15, 0.2) is 0 Å². The van der Waals surface area contributed by atoms with Crippen LogP contribution in [0.1, 0.15) is 22.5 Å². The van der Waals surface area contributed by atoms with Gasteiger partial charge in [-0.05, 0) is 43.3 Å². The summed E-state index contributed by atoms with van der Waals surface area (Å²) in [6.07, 6.45) is 0.191. The summed E-state index contributed by atoms with van der Waals surface area (Å²) in [4.78, 5) is 13.1. The molecular weight excluding hydrogens is 531 g/mol. The van der Waals surface area contributed by atoms with Crippen molar-refractivity contribution in [1.29, 1.82) is 5.26 Å². The number of anilines is 2. The molecule has 0 bridgehead atoms. The van der Waals surface area contributed by atoms with Gasteiger partial charge in [-0.15, -0.1) is 0 Å². The van der Waals surface area contributed by atoms with E-state index in [1.54, 1.807) is 35.9 Å². The molecule has 1 amide bonds. The molecule has 1 saturated heterocycles. The maximum Gasteiger partial charge on any atom is 0.272 e. The average molecular weight is 557 g/mol. The Hall–Kier alpha value is -2.96. The predicted octanol–water partition coefficient (Wildman–Crippen LogP) is 4.38. The van der Waals surface area contributed by atoms with E-state index in [-0.39, 0.29) is 18.9 Å². The van der Waals surface area contributed by atoms with Crippen molar-refractivity contribution in [1.82, 2.24) is 14.5 Å². The first-order valence-corrected chi connectivity index (χ1v) is 13.7. The van der Waals surface area contributed by atoms with Crippen LogP contribution in [0.15, 0.2) is 59.1 Å². The number of carbonyl (C=O) groups excluding carboxylic acids is 1. The summed E-state index contributed by atoms with van der Waals surface area (Å²) >= 11 is 3.44. The normalized spacial score (nSPS) is 15.7. The summed E-state index contributed by atoms with van der Waals surface area (Å²) in [6, 6.07) is 18.3. The maximum absolute atomic E-state index is 14.9. The third-order valence-electron chi connectivity index (χ3n) is 5.61. The Morgan fingerprint density at radius 2 is 1.86 bits per heavy atom. The van der Waals surface area contributed by atoms with E-state index in [0.717, 1.165) is 4.47 Å². The van der Waals surface area contributed by atoms with Gasteiger partial charge in [-0.3, -0.25) is 9.36 Å². The van der Waals surface area contributed by atoms with Crippen molar-refractivity contribution in [2.24, 2.45) is 0 Å². The fraction of sp³-hybridized carbons (Fsp3) is 0.292. The van der Waals surface area contributed by atoms with Gasteiger partial charge in [0, 0.05) is 28.8 Å². The Balaban J connectivity index is 1.82. The van der Waals surface area contributed by atoms with Crippen molar-refractivity contribution in [2.75, 3.05) is 36.7 Å². The summed E-state index contributed by atoms with van der Waals surface area (Å²) < 4.78 is 24.8. The summed E-state index contributed by atoms with van der Waals surface area (Å²) in [5.41, 5.74) is 1.66. The highest BCUT2D eigenvalue weighted by molar-refractivity contribution is 9.10. The van der Waals surface area contributed by atoms with E-state index in [2.05, 4.69) is 37.5 Å². The molecule has 0 unspecified atom stereocenters. The highest BCUT2D eigenvalue weighted by Gasteiger charge is 2.40. The molecule has 0 spiro atoms. The molecule has 9 nitrogen and oxygen atoms in total. The van der Waals surface area contributed by atoms with E-state index in [1.165, 1.54) is 0 Å². The average Bonchev–Trinajstić information content (AvgIpc) is 3.20. The first-order valence-electron chi connectivity index (χ1n) is 11.2. The number of ether oxygens (including phenoxy) is 1. The monoisotopic (exact) mass is 556 g/mol. The van der Waals surface area contributed by atoms with Gasteiger partial charge in [-0.25, -0.2) is 9.35 Å². The molecule has 2 aromatic carbocycles. The molecule has 2 N–H and O–H groups in total. The van der Waals surface area contributed by atoms with Crippen molar-refractivity contribution in [2.45, 2.75) is 19.9 Å². The van der Waals surface area contributed by atoms with Crippen LogP contribution in [-0.2, 0) is 15.8 Å². The standard InChI is InChI=1S/C24H26BrN6O3P/c1-18-22(23(31(28-18)13-5-12-26)27-24(32)19-6-3-2-4-7-19)35(33,30-14-16-34-17-15-30)29-21-10-8-20(25)9-11-21/h2-4,6-11H,5,13-17H2,1H3,(H,27,32)(H,29,33)/t35-/m0/s1. The number of carbonyl (C=O) groups is 1. The van der Waals surface area contributed by atoms with Crippen LogP contribution in [0.3, 0.4) is 0 Å². The van der Waals surface area contributed by atoms with Crippen molar-refractivity contribution in [3.05, 3.63) is 70.3 Å². The third kappa shape index (κ3) is 5.65. The number of nitriles is 1. The second-order valence-corrected chi connectivity index (χ2v) is 11.3. The second-order valence-electron chi connectivity index (χ2n) is 7.99. The van der Waals surface area contributed by atoms with Crippen LogP contribution in [0, 0.1) is 18.3 Å². The number of aryl methyl sites for hydroxylation is 2. The number of benzene rings is 2. The third-order valence-corrected chi connectivity index (χ3v) is 9.04. The minimum Gasteiger partial charge on any atom is -0.379 e. The topological polar surface area (TPSA) is 112 Å². The Bertz CT molecular complexity index is 1270. The zero-order valence-electron chi connectivity index (χ0n) is 19.3. The van der Waals surface area contributed by atoms with E-state index < -0.39 is 7.44 Å². The number of hydrogen-bond donors (Lipinski definition) is 2. The Labute approximate surface area is 212 Å². The van der Waals surface area contributed by atoms with Crippen molar-refractivity contribution in [3.8, 4) is 6.07 Å². The SMILES string of the molecule is Cc1nn(CCC#N)c(NC(=O)c2ccccc2)c1[P@](=O)(Nc1ccc(Br)cc1)N1CCOCC1. The van der Waals surface area contributed by atoms with Gasteiger partial charge < -0.3 is 15.1 Å². The van der Waals surface area contributed by atoms with E-state index in [4.69, 9.17) is 10.00 Å². The van der Waals surface area contributed by atoms with Gasteiger partial charge in [0.2, 0.25) is 0 Å². The fourth-order valence-electron chi connectivity index (χ4n) is 3.95. The number of aromatic nitrogens is 2. The highest BCUT2D eigenvalue weighted by Crippen LogP contribution is 2.51. The Morgan fingerprint density at radius 3 is 2.51 bits per heavy atom. The zero-order valence-corrected chi connectivity index (χ0v) is 21.8. The lowest BCUT2D eigenvalue weighted by atomic mass is 10.2. The first-order chi connectivity index (χ1) is 16.9. The molecule has 0 aliphatic carbocycles. The highest BCUT2D eigenvalue weighted by atomic mass is 79.9. The van der Waals surface area contributed by atoms with Crippen LogP contribution in [-0.4, -0.2) is 46.7 Å². The maximum atomic E-state index is 14.9. The van der Waals surface area contributed by atoms with E-state index in [9.17, 15) is 9.36 Å². The van der Waals surface area contributed by atoms with E-state index >= 15 is 0 Å². The molecule has 1 aliphatic rings. The van der Waals surface area contributed by atoms with Gasteiger partial charge in [0.25, 0.3) is 13.4 Å². The van der Waals surface area contributed by atoms with Crippen LogP contribution in [0.4, 0.5) is 11.5 Å². The first kappa shape index (κ1) is 25.1. The smallest absolute Gasteiger partial charge is 0.272 e. The van der Waals surface area contributed by atoms with E-state index in [0.29, 0.717) is 54.4 Å². The largest absolute Gasteiger partial charge is 0.379 e. The van der Waals surface area contributed by atoms with Crippen LogP contribution >= 0.6 is 23.4 Å². The second kappa shape index (κ2) is 11.2. The Morgan fingerprint density at radius 1 is 1.17 bits per heavy atom. The summed E-state index contributed by atoms with van der Waals surface area (Å²) in [5, 5.41) is 20.4. The van der Waals surface area contributed by atoms with Crippen LogP contribution < -0.4 is 15.7 Å². The molecule has 1 atom stereocenters. The van der Waals surface area contributed by atoms with Gasteiger partial charge >= 0.3 is 0 Å². The lowest BCUT2D eigenvalue weighted by Gasteiger charge is -2.35. The number of rotatable bonds is 8. The summed E-state index contributed by atoms with van der Waals surface area (Å²) in [6.45, 7) is 3.82. The van der Waals surface area contributed by atoms with Crippen molar-refractivity contribution < 1.29 is 14.1 Å². The number of hydrogen-bond acceptors (Lipinski definition) is 5. The van der Waals surface area contributed by atoms with Crippen LogP contribution in [0.5, 0.6) is 0 Å². The lowest BCUT2D eigenvalue weighted by Crippen LogP contribution is -2.40. The number of nitrogens with one attached hydrogen (secondary N) is 2. The van der Waals surface area contributed by atoms with Gasteiger partial charge in [-0.2, -0.15) is 10.4 Å². The molecule has 182 valence electrons. The minimum absolute atomic E-state index is 0.191. The molecule has 2 heterocycles. The van der Waals surface area contributed by atoms with Gasteiger partial charge in [0.1, 0.15) is 11.1 Å². The predicted molar refractivity (Wildman–Crippen MR) is 139 cm³/mol. The Kier molecular flexibility index (Phi) is 8.04. The molecule has 1 fully saturated rings. The molecule has 4 rings (SSSR count). The number of halogens is 1. The lowest BCUT2D eigenvalue weighted by molar-refractivity contribution is 0.0729. The molecular formula is C24H26BrN6O3P. The minimum atomic E-state index is -3.51. The molecule has 35 heavy (non-hydrogen) atoms. The van der Waals surface area contributed by atoms with Crippen LogP contribution in [0.25, 0.3) is 0 Å². The van der Waals surface area contributed by atoms with Crippen LogP contribution in [0.2, 0.25) is 0 Å². The molecule has 0 saturated carbocycles. The molecule has 3 aromatic rings. The van der Waals surface area contributed by atoms with Crippen molar-refractivity contribution in [3.63, 3.8) is 0 Å². The number of morpholine rings is 1. The molecule has 11 heteroatoms. The summed E-state index contributed by atoms with van der Waals surface area (Å²) in [7, 11) is -3.51. The molecule has 1 aromatic heterocycles. The summed E-state index contributed by atoms with van der Waals surface area (Å²) in [5.74, 6) is -0.0202. The van der Waals surface area contributed by atoms with Gasteiger partial charge in [-0.1, -0.05) is 34.1 Å².